The zero-order valence-corrected chi connectivity index (χ0v) is 10.6. The van der Waals surface area contributed by atoms with Crippen LogP contribution in [0.15, 0.2) is 6.20 Å². The van der Waals surface area contributed by atoms with E-state index in [1.165, 1.54) is 0 Å². The van der Waals surface area contributed by atoms with Crippen LogP contribution in [0.3, 0.4) is 0 Å². The first kappa shape index (κ1) is 12.1. The molecule has 1 N–H and O–H groups in total. The highest BCUT2D eigenvalue weighted by Gasteiger charge is 2.33. The van der Waals surface area contributed by atoms with E-state index in [1.54, 1.807) is 10.9 Å². The SMILES string of the molecule is CCc1nn(C)cc1C(=O)NCC1(C)COC1. The number of aromatic nitrogens is 2. The standard InChI is InChI=1S/C12H19N3O2/c1-4-10-9(5-15(3)14-10)11(16)13-6-12(2)7-17-8-12/h5H,4,6-8H2,1-3H3,(H,13,16). The smallest absolute Gasteiger partial charge is 0.254 e. The van der Waals surface area contributed by atoms with Gasteiger partial charge in [-0.1, -0.05) is 13.8 Å². The summed E-state index contributed by atoms with van der Waals surface area (Å²) in [7, 11) is 1.83. The lowest BCUT2D eigenvalue weighted by molar-refractivity contribution is -0.0978. The molecule has 1 fully saturated rings. The molecule has 1 aromatic heterocycles. The van der Waals surface area contributed by atoms with Crippen LogP contribution in [0.25, 0.3) is 0 Å². The van der Waals surface area contributed by atoms with Crippen molar-refractivity contribution in [2.75, 3.05) is 19.8 Å². The fraction of sp³-hybridized carbons (Fsp3) is 0.667. The van der Waals surface area contributed by atoms with E-state index in [1.807, 2.05) is 14.0 Å². The van der Waals surface area contributed by atoms with Gasteiger partial charge in [-0.2, -0.15) is 5.10 Å². The molecule has 1 amide bonds. The molecule has 1 aliphatic rings. The van der Waals surface area contributed by atoms with Crippen LogP contribution in [0, 0.1) is 5.41 Å². The molecule has 94 valence electrons. The maximum absolute atomic E-state index is 12.0. The number of carbonyl (C=O) groups is 1. The Hall–Kier alpha value is -1.36. The fourth-order valence-corrected chi connectivity index (χ4v) is 1.93. The summed E-state index contributed by atoms with van der Waals surface area (Å²) in [6, 6.07) is 0. The Morgan fingerprint density at radius 2 is 2.35 bits per heavy atom. The molecule has 1 saturated heterocycles. The van der Waals surface area contributed by atoms with Crippen molar-refractivity contribution in [3.63, 3.8) is 0 Å². The summed E-state index contributed by atoms with van der Waals surface area (Å²) in [5.41, 5.74) is 1.63. The van der Waals surface area contributed by atoms with Crippen LogP contribution in [0.1, 0.15) is 29.9 Å². The molecule has 17 heavy (non-hydrogen) atoms. The molecule has 0 spiro atoms. The molecule has 2 heterocycles. The highest BCUT2D eigenvalue weighted by molar-refractivity contribution is 5.95. The van der Waals surface area contributed by atoms with Gasteiger partial charge in [0.1, 0.15) is 0 Å². The summed E-state index contributed by atoms with van der Waals surface area (Å²) >= 11 is 0. The third-order valence-electron chi connectivity index (χ3n) is 3.06. The number of nitrogens with one attached hydrogen (secondary N) is 1. The Kier molecular flexibility index (Phi) is 3.19. The molecule has 5 nitrogen and oxygen atoms in total. The zero-order valence-electron chi connectivity index (χ0n) is 10.6. The topological polar surface area (TPSA) is 56.2 Å². The third-order valence-corrected chi connectivity index (χ3v) is 3.06. The van der Waals surface area contributed by atoms with Gasteiger partial charge in [-0.25, -0.2) is 0 Å². The summed E-state index contributed by atoms with van der Waals surface area (Å²) in [6.45, 7) is 6.22. The minimum Gasteiger partial charge on any atom is -0.380 e. The molecule has 0 atom stereocenters. The van der Waals surface area contributed by atoms with Crippen LogP contribution in [0.4, 0.5) is 0 Å². The largest absolute Gasteiger partial charge is 0.380 e. The number of ether oxygens (including phenoxy) is 1. The lowest BCUT2D eigenvalue weighted by Gasteiger charge is -2.37. The Bertz CT molecular complexity index is 421. The molecule has 0 unspecified atom stereocenters. The van der Waals surface area contributed by atoms with Gasteiger partial charge in [0.05, 0.1) is 24.5 Å². The van der Waals surface area contributed by atoms with Gasteiger partial charge in [-0.15, -0.1) is 0 Å². The maximum atomic E-state index is 12.0. The van der Waals surface area contributed by atoms with Crippen molar-refractivity contribution in [3.8, 4) is 0 Å². The molecule has 1 aliphatic heterocycles. The average molecular weight is 237 g/mol. The lowest BCUT2D eigenvalue weighted by Crippen LogP contribution is -2.48. The van der Waals surface area contributed by atoms with Crippen molar-refractivity contribution in [1.29, 1.82) is 0 Å². The predicted octanol–water partition coefficient (Wildman–Crippen LogP) is 0.749. The second-order valence-corrected chi connectivity index (χ2v) is 5.00. The molecule has 1 aromatic rings. The molecule has 5 heteroatoms. The predicted molar refractivity (Wildman–Crippen MR) is 63.8 cm³/mol. The maximum Gasteiger partial charge on any atom is 0.254 e. The van der Waals surface area contributed by atoms with Gasteiger partial charge in [0.25, 0.3) is 5.91 Å². The number of hydrogen-bond donors (Lipinski definition) is 1. The van der Waals surface area contributed by atoms with Gasteiger partial charge < -0.3 is 10.1 Å². The van der Waals surface area contributed by atoms with E-state index < -0.39 is 0 Å². The lowest BCUT2D eigenvalue weighted by atomic mass is 9.88. The number of aryl methyl sites for hydroxylation is 2. The van der Waals surface area contributed by atoms with E-state index >= 15 is 0 Å². The van der Waals surface area contributed by atoms with Gasteiger partial charge in [0, 0.05) is 25.2 Å². The number of hydrogen-bond acceptors (Lipinski definition) is 3. The Labute approximate surface area is 101 Å². The summed E-state index contributed by atoms with van der Waals surface area (Å²) in [5, 5.41) is 7.22. The fourth-order valence-electron chi connectivity index (χ4n) is 1.93. The quantitative estimate of drug-likeness (QED) is 0.840. The van der Waals surface area contributed by atoms with E-state index in [4.69, 9.17) is 4.74 Å². The average Bonchev–Trinajstić information content (AvgIpc) is 2.64. The zero-order chi connectivity index (χ0) is 12.5. The minimum absolute atomic E-state index is 0.0388. The minimum atomic E-state index is -0.0388. The van der Waals surface area contributed by atoms with Crippen LogP contribution >= 0.6 is 0 Å². The van der Waals surface area contributed by atoms with Crippen LogP contribution in [-0.2, 0) is 18.2 Å². The van der Waals surface area contributed by atoms with E-state index in [-0.39, 0.29) is 11.3 Å². The highest BCUT2D eigenvalue weighted by atomic mass is 16.5. The van der Waals surface area contributed by atoms with Gasteiger partial charge in [-0.05, 0) is 6.42 Å². The number of carbonyl (C=O) groups excluding carboxylic acids is 1. The number of amides is 1. The van der Waals surface area contributed by atoms with E-state index in [0.717, 1.165) is 25.3 Å². The summed E-state index contributed by atoms with van der Waals surface area (Å²) in [5.74, 6) is -0.0388. The van der Waals surface area contributed by atoms with Crippen LogP contribution in [0.2, 0.25) is 0 Å². The van der Waals surface area contributed by atoms with Crippen LogP contribution < -0.4 is 5.32 Å². The van der Waals surface area contributed by atoms with Gasteiger partial charge >= 0.3 is 0 Å². The summed E-state index contributed by atoms with van der Waals surface area (Å²) in [4.78, 5) is 12.0. The van der Waals surface area contributed by atoms with Crippen molar-refractivity contribution in [2.45, 2.75) is 20.3 Å². The highest BCUT2D eigenvalue weighted by Crippen LogP contribution is 2.25. The first-order valence-corrected chi connectivity index (χ1v) is 5.92. The van der Waals surface area contributed by atoms with Crippen molar-refractivity contribution < 1.29 is 9.53 Å². The monoisotopic (exact) mass is 237 g/mol. The number of rotatable bonds is 4. The molecule has 0 saturated carbocycles. The van der Waals surface area contributed by atoms with Crippen molar-refractivity contribution in [1.82, 2.24) is 15.1 Å². The Balaban J connectivity index is 1.99. The van der Waals surface area contributed by atoms with E-state index in [9.17, 15) is 4.79 Å². The second kappa shape index (κ2) is 4.49. The van der Waals surface area contributed by atoms with Gasteiger partial charge in [0.2, 0.25) is 0 Å². The Morgan fingerprint density at radius 1 is 1.65 bits per heavy atom. The van der Waals surface area contributed by atoms with E-state index in [0.29, 0.717) is 12.1 Å². The third kappa shape index (κ3) is 2.49. The summed E-state index contributed by atoms with van der Waals surface area (Å²) < 4.78 is 6.84. The van der Waals surface area contributed by atoms with Gasteiger partial charge in [-0.3, -0.25) is 9.48 Å². The van der Waals surface area contributed by atoms with E-state index in [2.05, 4.69) is 17.3 Å². The molecule has 0 aromatic carbocycles. The molecular formula is C12H19N3O2. The van der Waals surface area contributed by atoms with Crippen LogP contribution in [0.5, 0.6) is 0 Å². The first-order valence-electron chi connectivity index (χ1n) is 5.92. The molecule has 0 bridgehead atoms. The molecule has 0 radical (unpaired) electrons. The normalized spacial score (nSPS) is 17.6. The van der Waals surface area contributed by atoms with Crippen molar-refractivity contribution in [3.05, 3.63) is 17.5 Å². The first-order chi connectivity index (χ1) is 8.04. The molecular weight excluding hydrogens is 218 g/mol. The Morgan fingerprint density at radius 3 is 2.88 bits per heavy atom. The van der Waals surface area contributed by atoms with Crippen molar-refractivity contribution in [2.24, 2.45) is 12.5 Å². The molecule has 2 rings (SSSR count). The van der Waals surface area contributed by atoms with Crippen LogP contribution in [-0.4, -0.2) is 35.4 Å². The van der Waals surface area contributed by atoms with Crippen molar-refractivity contribution >= 4 is 5.91 Å². The van der Waals surface area contributed by atoms with Gasteiger partial charge in [0.15, 0.2) is 0 Å². The molecule has 0 aliphatic carbocycles. The number of nitrogens with zero attached hydrogens (tertiary/aromatic N) is 2. The summed E-state index contributed by atoms with van der Waals surface area (Å²) in [6.07, 6.45) is 2.54. The second-order valence-electron chi connectivity index (χ2n) is 5.00.